The Morgan fingerprint density at radius 1 is 1.05 bits per heavy atom. The van der Waals surface area contributed by atoms with Gasteiger partial charge in [-0.15, -0.1) is 0 Å². The highest BCUT2D eigenvalue weighted by Crippen LogP contribution is 2.32. The first-order valence-electron chi connectivity index (χ1n) is 11.7. The zero-order valence-electron chi connectivity index (χ0n) is 21.8. The Bertz CT molecular complexity index is 1750. The smallest absolute Gasteiger partial charge is 0.269 e. The fraction of sp³-hybridized carbons (Fsp3) is 0.320. The highest BCUT2D eigenvalue weighted by atomic mass is 32.2. The summed E-state index contributed by atoms with van der Waals surface area (Å²) >= 11 is 0. The summed E-state index contributed by atoms with van der Waals surface area (Å²) in [5, 5.41) is 2.96. The summed E-state index contributed by atoms with van der Waals surface area (Å²) in [5.41, 5.74) is 0.300. The summed E-state index contributed by atoms with van der Waals surface area (Å²) in [5.74, 6) is -1.94. The highest BCUT2D eigenvalue weighted by Gasteiger charge is 2.29. The number of nitrogens with zero attached hydrogens (tertiary/aromatic N) is 4. The number of aryl methyl sites for hydroxylation is 1. The van der Waals surface area contributed by atoms with Gasteiger partial charge in [0.2, 0.25) is 0 Å². The van der Waals surface area contributed by atoms with Crippen molar-refractivity contribution in [2.75, 3.05) is 18.2 Å². The number of halogens is 2. The van der Waals surface area contributed by atoms with E-state index in [2.05, 4.69) is 20.3 Å². The first kappa shape index (κ1) is 28.5. The van der Waals surface area contributed by atoms with Gasteiger partial charge < -0.3 is 5.32 Å². The number of fused-ring (bicyclic) bond motifs is 1. The lowest BCUT2D eigenvalue weighted by atomic mass is 9.87. The molecule has 1 N–H and O–H groups in total. The van der Waals surface area contributed by atoms with E-state index >= 15 is 0 Å². The van der Waals surface area contributed by atoms with Gasteiger partial charge in [-0.1, -0.05) is 38.5 Å². The van der Waals surface area contributed by atoms with Crippen LogP contribution in [0.4, 0.5) is 14.6 Å². The van der Waals surface area contributed by atoms with Crippen molar-refractivity contribution in [1.29, 1.82) is 0 Å². The SMILES string of the molecule is Cc1ccc(S(=O)(=O)n2cc(-c3ncc(F)c(N[C@H](COS(C)(=O)=O)C(C)(C)C)n3)c3cc(F)cnc32)cc1. The lowest BCUT2D eigenvalue weighted by molar-refractivity contribution is 0.224. The molecule has 4 rings (SSSR count). The average Bonchev–Trinajstić information content (AvgIpc) is 3.21. The second-order valence-electron chi connectivity index (χ2n) is 10.1. The maximum absolute atomic E-state index is 14.8. The van der Waals surface area contributed by atoms with Gasteiger partial charge >= 0.3 is 0 Å². The molecule has 0 spiro atoms. The molecule has 10 nitrogen and oxygen atoms in total. The van der Waals surface area contributed by atoms with Gasteiger partial charge in [-0.05, 0) is 30.5 Å². The van der Waals surface area contributed by atoms with Gasteiger partial charge in [-0.25, -0.2) is 36.1 Å². The summed E-state index contributed by atoms with van der Waals surface area (Å²) < 4.78 is 84.9. The van der Waals surface area contributed by atoms with E-state index in [1.807, 2.05) is 6.92 Å². The third kappa shape index (κ3) is 6.23. The van der Waals surface area contributed by atoms with Crippen molar-refractivity contribution in [3.8, 4) is 11.4 Å². The second-order valence-corrected chi connectivity index (χ2v) is 13.6. The van der Waals surface area contributed by atoms with Crippen molar-refractivity contribution in [2.24, 2.45) is 5.41 Å². The first-order valence-corrected chi connectivity index (χ1v) is 14.9. The molecule has 0 aliphatic rings. The molecule has 3 heterocycles. The maximum atomic E-state index is 14.8. The molecule has 0 radical (unpaired) electrons. The molecule has 0 fully saturated rings. The third-order valence-electron chi connectivity index (χ3n) is 5.95. The van der Waals surface area contributed by atoms with E-state index in [-0.39, 0.29) is 39.7 Å². The molecule has 0 bridgehead atoms. The number of hydrogen-bond acceptors (Lipinski definition) is 9. The fourth-order valence-electron chi connectivity index (χ4n) is 3.70. The number of hydrogen-bond donors (Lipinski definition) is 1. The predicted molar refractivity (Wildman–Crippen MR) is 142 cm³/mol. The van der Waals surface area contributed by atoms with Crippen LogP contribution in [0.2, 0.25) is 0 Å². The minimum atomic E-state index is -4.15. The van der Waals surface area contributed by atoms with Crippen molar-refractivity contribution in [3.63, 3.8) is 0 Å². The lowest BCUT2D eigenvalue weighted by Crippen LogP contribution is -2.39. The second kappa shape index (κ2) is 10.2. The van der Waals surface area contributed by atoms with Crippen molar-refractivity contribution in [3.05, 3.63) is 66.1 Å². The molecule has 14 heteroatoms. The lowest BCUT2D eigenvalue weighted by Gasteiger charge is -2.31. The fourth-order valence-corrected chi connectivity index (χ4v) is 5.41. The van der Waals surface area contributed by atoms with Crippen LogP contribution in [-0.4, -0.2) is 54.7 Å². The van der Waals surface area contributed by atoms with E-state index < -0.39 is 43.2 Å². The summed E-state index contributed by atoms with van der Waals surface area (Å²) in [6.45, 7) is 6.92. The Labute approximate surface area is 225 Å². The first-order chi connectivity index (χ1) is 18.1. The number of benzene rings is 1. The van der Waals surface area contributed by atoms with E-state index in [1.165, 1.54) is 18.3 Å². The van der Waals surface area contributed by atoms with Crippen molar-refractivity contribution in [2.45, 2.75) is 38.6 Å². The van der Waals surface area contributed by atoms with Crippen LogP contribution in [0.25, 0.3) is 22.4 Å². The Balaban J connectivity index is 1.83. The third-order valence-corrected chi connectivity index (χ3v) is 8.17. The molecular formula is C25H27F2N5O5S2. The van der Waals surface area contributed by atoms with Crippen LogP contribution < -0.4 is 5.32 Å². The van der Waals surface area contributed by atoms with E-state index in [9.17, 15) is 25.6 Å². The van der Waals surface area contributed by atoms with Gasteiger partial charge in [0.25, 0.3) is 20.1 Å². The number of aromatic nitrogens is 4. The highest BCUT2D eigenvalue weighted by molar-refractivity contribution is 7.90. The monoisotopic (exact) mass is 579 g/mol. The van der Waals surface area contributed by atoms with Crippen LogP contribution in [0.1, 0.15) is 26.3 Å². The molecule has 0 amide bonds. The van der Waals surface area contributed by atoms with Crippen LogP contribution in [0.5, 0.6) is 0 Å². The minimum Gasteiger partial charge on any atom is -0.362 e. The molecule has 0 saturated heterocycles. The Morgan fingerprint density at radius 2 is 1.72 bits per heavy atom. The molecule has 0 unspecified atom stereocenters. The van der Waals surface area contributed by atoms with Crippen LogP contribution in [0.15, 0.2) is 53.8 Å². The number of rotatable bonds is 8. The van der Waals surface area contributed by atoms with Gasteiger partial charge in [0.1, 0.15) is 5.82 Å². The quantitative estimate of drug-likeness (QED) is 0.306. The van der Waals surface area contributed by atoms with Crippen molar-refractivity contribution < 1.29 is 29.8 Å². The van der Waals surface area contributed by atoms with Crippen LogP contribution >= 0.6 is 0 Å². The Hall–Kier alpha value is -3.49. The standard InChI is InChI=1S/C25H27F2N5O5S2/c1-15-6-8-17(9-7-15)39(35,36)32-13-19(18-10-16(26)11-29-24(18)32)22-28-12-20(27)23(31-22)30-21(25(2,3)4)14-37-38(5,33)34/h6-13,21H,14H2,1-5H3,(H,28,30,31)/t21-/m1/s1. The predicted octanol–water partition coefficient (Wildman–Crippen LogP) is 4.12. The molecule has 1 atom stereocenters. The molecular weight excluding hydrogens is 552 g/mol. The molecule has 3 aromatic heterocycles. The topological polar surface area (TPSA) is 133 Å². The van der Waals surface area contributed by atoms with Crippen LogP contribution in [0.3, 0.4) is 0 Å². The largest absolute Gasteiger partial charge is 0.362 e. The summed E-state index contributed by atoms with van der Waals surface area (Å²) in [6.07, 6.45) is 3.88. The Kier molecular flexibility index (Phi) is 7.49. The van der Waals surface area contributed by atoms with Gasteiger partial charge in [0.15, 0.2) is 23.1 Å². The molecule has 0 saturated carbocycles. The van der Waals surface area contributed by atoms with E-state index in [4.69, 9.17) is 4.18 Å². The average molecular weight is 580 g/mol. The van der Waals surface area contributed by atoms with Gasteiger partial charge in [-0.2, -0.15) is 8.42 Å². The summed E-state index contributed by atoms with van der Waals surface area (Å²) in [7, 11) is -7.91. The maximum Gasteiger partial charge on any atom is 0.269 e. The van der Waals surface area contributed by atoms with Crippen molar-refractivity contribution in [1.82, 2.24) is 18.9 Å². The number of nitrogens with one attached hydrogen (secondary N) is 1. The minimum absolute atomic E-state index is 0.0102. The molecule has 0 aliphatic heterocycles. The molecule has 0 aliphatic carbocycles. The zero-order valence-corrected chi connectivity index (χ0v) is 23.4. The van der Waals surface area contributed by atoms with Crippen LogP contribution in [-0.2, 0) is 24.3 Å². The number of anilines is 1. The van der Waals surface area contributed by atoms with Crippen molar-refractivity contribution >= 4 is 37.0 Å². The Morgan fingerprint density at radius 3 is 2.33 bits per heavy atom. The van der Waals surface area contributed by atoms with E-state index in [0.29, 0.717) is 0 Å². The van der Waals surface area contributed by atoms with Crippen LogP contribution in [0, 0.1) is 24.0 Å². The van der Waals surface area contributed by atoms with Gasteiger partial charge in [-0.3, -0.25) is 4.18 Å². The zero-order chi connectivity index (χ0) is 28.8. The summed E-state index contributed by atoms with van der Waals surface area (Å²) in [4.78, 5) is 12.2. The van der Waals surface area contributed by atoms with E-state index in [0.717, 1.165) is 34.3 Å². The van der Waals surface area contributed by atoms with E-state index in [1.54, 1.807) is 32.9 Å². The van der Waals surface area contributed by atoms with Gasteiger partial charge in [0, 0.05) is 17.1 Å². The van der Waals surface area contributed by atoms with Gasteiger partial charge in [0.05, 0.1) is 36.2 Å². The summed E-state index contributed by atoms with van der Waals surface area (Å²) in [6, 6.07) is 6.57. The molecule has 1 aromatic carbocycles. The normalized spacial score (nSPS) is 13.5. The molecule has 4 aromatic rings. The number of pyridine rings is 1. The molecule has 39 heavy (non-hydrogen) atoms. The molecule has 208 valence electrons.